The Morgan fingerprint density at radius 2 is 1.34 bits per heavy atom. The van der Waals surface area contributed by atoms with Gasteiger partial charge in [-0.05, 0) is 0 Å². The first kappa shape index (κ1) is 31.0. The van der Waals surface area contributed by atoms with E-state index in [1.165, 1.54) is 12.7 Å². The number of nitrogens with one attached hydrogen (secondary N) is 3. The second kappa shape index (κ2) is 9.21. The number of H-pyrrole nitrogens is 2. The van der Waals surface area contributed by atoms with E-state index in [2.05, 4.69) is 21.4 Å². The Morgan fingerprint density at radius 3 is 1.96 bits per heavy atom. The zero-order valence-corrected chi connectivity index (χ0v) is 30.3. The second-order valence-corrected chi connectivity index (χ2v) is 21.1. The Kier molecular flexibility index (Phi) is 6.07. The molecular weight excluding hydrogens is 663 g/mol. The third-order valence-electron chi connectivity index (χ3n) is 11.2. The van der Waals surface area contributed by atoms with E-state index in [-0.39, 0.29) is 5.91 Å². The van der Waals surface area contributed by atoms with Crippen LogP contribution in [0.5, 0.6) is 0 Å². The first-order valence-corrected chi connectivity index (χ1v) is 20.3. The number of hydrogen-bond acceptors (Lipinski definition) is 8. The normalized spacial score (nSPS) is 24.6. The van der Waals surface area contributed by atoms with E-state index in [1.807, 2.05) is 73.6 Å². The van der Waals surface area contributed by atoms with Crippen molar-refractivity contribution in [1.82, 2.24) is 9.97 Å². The summed E-state index contributed by atoms with van der Waals surface area (Å²) >= 11 is -5.55. The number of carbonyl (C=O) groups excluding carboxylic acids is 2. The van der Waals surface area contributed by atoms with Crippen molar-refractivity contribution in [1.29, 1.82) is 0 Å². The van der Waals surface area contributed by atoms with Crippen molar-refractivity contribution < 1.29 is 29.2 Å². The molecule has 4 aliphatic heterocycles. The van der Waals surface area contributed by atoms with E-state index in [1.54, 1.807) is 11.0 Å². The number of amides is 1. The molecule has 6 heterocycles. The number of methoxy groups -OCH3 is 1. The fourth-order valence-electron chi connectivity index (χ4n) is 7.52. The summed E-state index contributed by atoms with van der Waals surface area (Å²) in [5, 5.41) is 5.29. The van der Waals surface area contributed by atoms with Crippen molar-refractivity contribution in [3.8, 4) is 0 Å². The van der Waals surface area contributed by atoms with Crippen LogP contribution in [0.1, 0.15) is 87.5 Å². The monoisotopic (exact) mass is 706 g/mol. The number of hydrogen-bond donors (Lipinski definition) is 3. The van der Waals surface area contributed by atoms with Crippen molar-refractivity contribution in [3.63, 3.8) is 0 Å². The molecule has 12 heteroatoms. The standard InChI is InChI=1S/C35H43AsN4O7/c1-32(2)33(3,4)45-36(44-32,46-34(5,6)35(7,8)47-36)23-18-26-22(17-28(39-26)31(42)43-9)20-13-15-40(29(20)23)30(41)27-16-21-19-12-14-37-24(19)10-11-25(21)38-27/h10-11,16-18,37-39H,12-15H2,1-9H3. The molecule has 1 spiro atoms. The van der Waals surface area contributed by atoms with Crippen molar-refractivity contribution in [2.75, 3.05) is 30.4 Å². The van der Waals surface area contributed by atoms with Crippen LogP contribution >= 0.6 is 0 Å². The number of aromatic amines is 2. The van der Waals surface area contributed by atoms with Crippen LogP contribution in [-0.2, 0) is 32.5 Å². The van der Waals surface area contributed by atoms with Gasteiger partial charge < -0.3 is 0 Å². The molecule has 250 valence electrons. The summed E-state index contributed by atoms with van der Waals surface area (Å²) in [4.78, 5) is 35.9. The summed E-state index contributed by atoms with van der Waals surface area (Å²) in [5.41, 5.74) is 3.00. The molecule has 0 radical (unpaired) electrons. The summed E-state index contributed by atoms with van der Waals surface area (Å²) in [6, 6.07) is 9.75. The average Bonchev–Trinajstić information content (AvgIpc) is 3.79. The molecule has 2 fully saturated rings. The van der Waals surface area contributed by atoms with E-state index in [0.29, 0.717) is 39.9 Å². The second-order valence-electron chi connectivity index (χ2n) is 15.2. The molecular formula is C35H43AsN4O7. The third-order valence-corrected chi connectivity index (χ3v) is 20.0. The quantitative estimate of drug-likeness (QED) is 0.191. The minimum absolute atomic E-state index is 0.176. The van der Waals surface area contributed by atoms with E-state index >= 15 is 0 Å². The van der Waals surface area contributed by atoms with Crippen LogP contribution in [0.3, 0.4) is 0 Å². The van der Waals surface area contributed by atoms with Gasteiger partial charge in [-0.15, -0.1) is 0 Å². The summed E-state index contributed by atoms with van der Waals surface area (Å²) < 4.78 is 34.4. The predicted octanol–water partition coefficient (Wildman–Crippen LogP) is 5.41. The maximum atomic E-state index is 14.7. The van der Waals surface area contributed by atoms with Gasteiger partial charge in [0.25, 0.3) is 0 Å². The van der Waals surface area contributed by atoms with Crippen molar-refractivity contribution >= 4 is 63.2 Å². The Bertz CT molecular complexity index is 1980. The van der Waals surface area contributed by atoms with Crippen LogP contribution in [0.2, 0.25) is 0 Å². The van der Waals surface area contributed by atoms with E-state index < -0.39 is 42.2 Å². The molecule has 47 heavy (non-hydrogen) atoms. The number of esters is 1. The fourth-order valence-corrected chi connectivity index (χ4v) is 19.2. The van der Waals surface area contributed by atoms with Crippen LogP contribution in [0, 0.1) is 0 Å². The van der Waals surface area contributed by atoms with Crippen LogP contribution in [-0.4, -0.2) is 78.3 Å². The third kappa shape index (κ3) is 4.01. The van der Waals surface area contributed by atoms with Crippen molar-refractivity contribution in [2.45, 2.75) is 90.6 Å². The van der Waals surface area contributed by atoms with Gasteiger partial charge in [-0.25, -0.2) is 0 Å². The zero-order chi connectivity index (χ0) is 33.6. The molecule has 2 aromatic carbocycles. The van der Waals surface area contributed by atoms with Crippen molar-refractivity contribution in [2.24, 2.45) is 0 Å². The van der Waals surface area contributed by atoms with Crippen molar-refractivity contribution in [3.05, 3.63) is 52.8 Å². The summed E-state index contributed by atoms with van der Waals surface area (Å²) in [5.74, 6) is -0.660. The molecule has 1 amide bonds. The molecule has 0 unspecified atom stereocenters. The molecule has 2 aromatic heterocycles. The molecule has 11 nitrogen and oxygen atoms in total. The summed E-state index contributed by atoms with van der Waals surface area (Å²) in [6.07, 6.45) is 1.45. The topological polar surface area (TPSA) is 127 Å². The fraction of sp³-hybridized carbons (Fsp3) is 0.486. The van der Waals surface area contributed by atoms with E-state index in [4.69, 9.17) is 19.6 Å². The van der Waals surface area contributed by atoms with Gasteiger partial charge in [-0.3, -0.25) is 0 Å². The number of nitrogens with zero attached hydrogens (tertiary/aromatic N) is 1. The molecule has 4 aromatic rings. The molecule has 2 saturated heterocycles. The van der Waals surface area contributed by atoms with Gasteiger partial charge in [0, 0.05) is 0 Å². The predicted molar refractivity (Wildman–Crippen MR) is 182 cm³/mol. The van der Waals surface area contributed by atoms with Crippen LogP contribution in [0.4, 0.5) is 11.4 Å². The molecule has 3 N–H and O–H groups in total. The van der Waals surface area contributed by atoms with Gasteiger partial charge in [0.2, 0.25) is 0 Å². The average molecular weight is 707 g/mol. The van der Waals surface area contributed by atoms with Gasteiger partial charge in [0.05, 0.1) is 0 Å². The van der Waals surface area contributed by atoms with Crippen LogP contribution in [0.25, 0.3) is 21.8 Å². The van der Waals surface area contributed by atoms with Gasteiger partial charge in [-0.2, -0.15) is 0 Å². The first-order chi connectivity index (χ1) is 21.9. The van der Waals surface area contributed by atoms with E-state index in [0.717, 1.165) is 40.5 Å². The van der Waals surface area contributed by atoms with Gasteiger partial charge >= 0.3 is 276 Å². The van der Waals surface area contributed by atoms with Gasteiger partial charge in [0.15, 0.2) is 0 Å². The Hall–Kier alpha value is -3.34. The molecule has 0 atom stereocenters. The first-order valence-electron chi connectivity index (χ1n) is 16.3. The summed E-state index contributed by atoms with van der Waals surface area (Å²) in [6.45, 7) is 17.2. The Morgan fingerprint density at radius 1 is 0.766 bits per heavy atom. The number of aromatic nitrogens is 2. The number of fused-ring (bicyclic) bond motifs is 6. The zero-order valence-electron chi connectivity index (χ0n) is 28.5. The Labute approximate surface area is 275 Å². The molecule has 0 aliphatic carbocycles. The van der Waals surface area contributed by atoms with Crippen LogP contribution < -0.4 is 14.6 Å². The molecule has 4 aliphatic rings. The van der Waals surface area contributed by atoms with Crippen LogP contribution in [0.15, 0.2) is 30.3 Å². The minimum atomic E-state index is -5.55. The van der Waals surface area contributed by atoms with E-state index in [9.17, 15) is 9.59 Å². The Balaban J connectivity index is 1.39. The summed E-state index contributed by atoms with van der Waals surface area (Å²) in [7, 11) is 1.35. The molecule has 8 rings (SSSR count). The number of ether oxygens (including phenoxy) is 1. The maximum absolute atomic E-state index is 14.7. The molecule has 0 bridgehead atoms. The van der Waals surface area contributed by atoms with Gasteiger partial charge in [-0.1, -0.05) is 0 Å². The number of benzene rings is 2. The number of anilines is 2. The number of carbonyl (C=O) groups is 2. The van der Waals surface area contributed by atoms with Gasteiger partial charge in [0.1, 0.15) is 0 Å². The number of rotatable bonds is 3. The molecule has 0 saturated carbocycles. The SMILES string of the molecule is COC(=O)c1cc2c3c(c([As]45(OC(C)(C)C(C)(C)O4)OC(C)(C)C(C)(C)O5)cc2[nH]1)N(C(=O)c1cc2c4c(ccc2[nH]1)NCC4)CC3.